The number of amides is 1. The lowest BCUT2D eigenvalue weighted by molar-refractivity contribution is -0.121. The number of hydrogen-bond acceptors (Lipinski definition) is 4. The van der Waals surface area contributed by atoms with Gasteiger partial charge in [0.2, 0.25) is 5.91 Å². The molecule has 1 aromatic carbocycles. The first-order chi connectivity index (χ1) is 9.94. The lowest BCUT2D eigenvalue weighted by atomic mass is 10.1. The second kappa shape index (κ2) is 7.04. The summed E-state index contributed by atoms with van der Waals surface area (Å²) < 4.78 is 22.9. The van der Waals surface area contributed by atoms with Crippen molar-refractivity contribution in [1.82, 2.24) is 10.6 Å². The van der Waals surface area contributed by atoms with Crippen molar-refractivity contribution < 1.29 is 13.2 Å². The summed E-state index contributed by atoms with van der Waals surface area (Å²) in [4.78, 5) is 11.9. The Bertz CT molecular complexity index is 593. The van der Waals surface area contributed by atoms with Crippen molar-refractivity contribution in [1.29, 1.82) is 0 Å². The first-order valence-corrected chi connectivity index (χ1v) is 9.25. The molecule has 0 aromatic heterocycles. The van der Waals surface area contributed by atoms with E-state index in [0.29, 0.717) is 13.0 Å². The van der Waals surface area contributed by atoms with Crippen LogP contribution in [0.5, 0.6) is 0 Å². The smallest absolute Gasteiger partial charge is 0.221 e. The van der Waals surface area contributed by atoms with Crippen molar-refractivity contribution in [2.24, 2.45) is 0 Å². The number of benzene rings is 1. The summed E-state index contributed by atoms with van der Waals surface area (Å²) in [6.07, 6.45) is 3.86. The van der Waals surface area contributed by atoms with E-state index in [0.717, 1.165) is 30.5 Å². The van der Waals surface area contributed by atoms with E-state index >= 15 is 0 Å². The molecular formula is C15H22N2O3S. The third-order valence-corrected chi connectivity index (χ3v) is 4.44. The van der Waals surface area contributed by atoms with Gasteiger partial charge in [0.25, 0.3) is 0 Å². The Morgan fingerprint density at radius 2 is 2.05 bits per heavy atom. The monoisotopic (exact) mass is 310 g/mol. The molecule has 1 aliphatic rings. The minimum Gasteiger partial charge on any atom is -0.352 e. The SMILES string of the molecule is CS(=O)(=O)Cc1ccccc1CNC(=O)CC1CCCN1. The van der Waals surface area contributed by atoms with Crippen LogP contribution in [-0.2, 0) is 26.9 Å². The molecule has 1 aliphatic heterocycles. The van der Waals surface area contributed by atoms with Crippen LogP contribution >= 0.6 is 0 Å². The molecule has 0 saturated carbocycles. The second-order valence-corrected chi connectivity index (χ2v) is 7.75. The molecule has 1 fully saturated rings. The molecule has 1 aromatic rings. The molecule has 1 heterocycles. The Hall–Kier alpha value is -1.40. The number of carbonyl (C=O) groups excluding carboxylic acids is 1. The van der Waals surface area contributed by atoms with Gasteiger partial charge < -0.3 is 10.6 Å². The van der Waals surface area contributed by atoms with Crippen LogP contribution in [0.25, 0.3) is 0 Å². The van der Waals surface area contributed by atoms with Crippen molar-refractivity contribution in [3.05, 3.63) is 35.4 Å². The molecule has 0 radical (unpaired) electrons. The number of sulfone groups is 1. The third-order valence-electron chi connectivity index (χ3n) is 3.61. The fraction of sp³-hybridized carbons (Fsp3) is 0.533. The van der Waals surface area contributed by atoms with Crippen LogP contribution < -0.4 is 10.6 Å². The molecule has 0 aliphatic carbocycles. The van der Waals surface area contributed by atoms with Gasteiger partial charge in [0.1, 0.15) is 0 Å². The predicted molar refractivity (Wildman–Crippen MR) is 82.5 cm³/mol. The molecule has 0 bridgehead atoms. The van der Waals surface area contributed by atoms with Gasteiger partial charge in [-0.05, 0) is 30.5 Å². The lowest BCUT2D eigenvalue weighted by Gasteiger charge is -2.12. The Morgan fingerprint density at radius 1 is 1.33 bits per heavy atom. The molecule has 6 heteroatoms. The summed E-state index contributed by atoms with van der Waals surface area (Å²) in [6.45, 7) is 1.35. The highest BCUT2D eigenvalue weighted by molar-refractivity contribution is 7.89. The topological polar surface area (TPSA) is 75.3 Å². The Labute approximate surface area is 126 Å². The average molecular weight is 310 g/mol. The van der Waals surface area contributed by atoms with Gasteiger partial charge in [-0.1, -0.05) is 24.3 Å². The first-order valence-electron chi connectivity index (χ1n) is 7.18. The molecule has 21 heavy (non-hydrogen) atoms. The van der Waals surface area contributed by atoms with E-state index in [-0.39, 0.29) is 17.7 Å². The lowest BCUT2D eigenvalue weighted by Crippen LogP contribution is -2.31. The van der Waals surface area contributed by atoms with E-state index in [1.54, 1.807) is 6.07 Å². The van der Waals surface area contributed by atoms with Crippen molar-refractivity contribution in [3.63, 3.8) is 0 Å². The van der Waals surface area contributed by atoms with Crippen molar-refractivity contribution in [2.75, 3.05) is 12.8 Å². The van der Waals surface area contributed by atoms with Gasteiger partial charge in [-0.3, -0.25) is 4.79 Å². The highest BCUT2D eigenvalue weighted by Crippen LogP contribution is 2.13. The largest absolute Gasteiger partial charge is 0.352 e. The summed E-state index contributed by atoms with van der Waals surface area (Å²) >= 11 is 0. The van der Waals surface area contributed by atoms with Gasteiger partial charge in [-0.2, -0.15) is 0 Å². The Morgan fingerprint density at radius 3 is 2.67 bits per heavy atom. The summed E-state index contributed by atoms with van der Waals surface area (Å²) in [6, 6.07) is 7.59. The van der Waals surface area contributed by atoms with E-state index in [9.17, 15) is 13.2 Å². The molecule has 116 valence electrons. The number of rotatable bonds is 6. The number of hydrogen-bond donors (Lipinski definition) is 2. The standard InChI is InChI=1S/C15H22N2O3S/c1-21(19,20)11-13-6-3-2-5-12(13)10-17-15(18)9-14-7-4-8-16-14/h2-3,5-6,14,16H,4,7-11H2,1H3,(H,17,18). The third kappa shape index (κ3) is 5.47. The highest BCUT2D eigenvalue weighted by Gasteiger charge is 2.17. The molecule has 5 nitrogen and oxygen atoms in total. The summed E-state index contributed by atoms with van der Waals surface area (Å²) in [5.74, 6) is 0.00649. The molecule has 2 rings (SSSR count). The summed E-state index contributed by atoms with van der Waals surface area (Å²) in [5, 5.41) is 6.17. The van der Waals surface area contributed by atoms with Gasteiger partial charge >= 0.3 is 0 Å². The van der Waals surface area contributed by atoms with Gasteiger partial charge in [-0.25, -0.2) is 8.42 Å². The fourth-order valence-corrected chi connectivity index (χ4v) is 3.42. The molecule has 2 N–H and O–H groups in total. The van der Waals surface area contributed by atoms with E-state index < -0.39 is 9.84 Å². The maximum absolute atomic E-state index is 11.9. The molecular weight excluding hydrogens is 288 g/mol. The maximum Gasteiger partial charge on any atom is 0.221 e. The Kier molecular flexibility index (Phi) is 5.36. The molecule has 1 saturated heterocycles. The average Bonchev–Trinajstić information content (AvgIpc) is 2.89. The number of nitrogens with one attached hydrogen (secondary N) is 2. The number of carbonyl (C=O) groups is 1. The van der Waals surface area contributed by atoms with Gasteiger partial charge in [0.05, 0.1) is 5.75 Å². The van der Waals surface area contributed by atoms with E-state index in [1.165, 1.54) is 6.26 Å². The van der Waals surface area contributed by atoms with Crippen LogP contribution in [0.15, 0.2) is 24.3 Å². The van der Waals surface area contributed by atoms with Gasteiger partial charge in [0.15, 0.2) is 9.84 Å². The molecule has 1 atom stereocenters. The second-order valence-electron chi connectivity index (χ2n) is 5.61. The van der Waals surface area contributed by atoms with Crippen LogP contribution in [0, 0.1) is 0 Å². The zero-order chi connectivity index (χ0) is 15.3. The quantitative estimate of drug-likeness (QED) is 0.821. The van der Waals surface area contributed by atoms with Crippen LogP contribution in [0.2, 0.25) is 0 Å². The van der Waals surface area contributed by atoms with Crippen molar-refractivity contribution in [3.8, 4) is 0 Å². The van der Waals surface area contributed by atoms with Crippen LogP contribution in [0.3, 0.4) is 0 Å². The van der Waals surface area contributed by atoms with Crippen LogP contribution in [-0.4, -0.2) is 33.2 Å². The van der Waals surface area contributed by atoms with Crippen molar-refractivity contribution in [2.45, 2.75) is 37.6 Å². The zero-order valence-electron chi connectivity index (χ0n) is 12.3. The van der Waals surface area contributed by atoms with Gasteiger partial charge in [-0.15, -0.1) is 0 Å². The normalized spacial score (nSPS) is 18.6. The first kappa shape index (κ1) is 16.0. The van der Waals surface area contributed by atoms with Crippen LogP contribution in [0.1, 0.15) is 30.4 Å². The highest BCUT2D eigenvalue weighted by atomic mass is 32.2. The maximum atomic E-state index is 11.9. The summed E-state index contributed by atoms with van der Waals surface area (Å²) in [7, 11) is -3.08. The Balaban J connectivity index is 1.91. The minimum absolute atomic E-state index is 0.00320. The van der Waals surface area contributed by atoms with Gasteiger partial charge in [0, 0.05) is 25.3 Å². The van der Waals surface area contributed by atoms with E-state index in [4.69, 9.17) is 0 Å². The predicted octanol–water partition coefficient (Wildman–Crippen LogP) is 0.990. The van der Waals surface area contributed by atoms with E-state index in [2.05, 4.69) is 10.6 Å². The molecule has 1 amide bonds. The zero-order valence-corrected chi connectivity index (χ0v) is 13.1. The molecule has 1 unspecified atom stereocenters. The minimum atomic E-state index is -3.08. The van der Waals surface area contributed by atoms with Crippen molar-refractivity contribution >= 4 is 15.7 Å². The van der Waals surface area contributed by atoms with Crippen LogP contribution in [0.4, 0.5) is 0 Å². The fourth-order valence-electron chi connectivity index (χ4n) is 2.57. The van der Waals surface area contributed by atoms with E-state index in [1.807, 2.05) is 18.2 Å². The molecule has 0 spiro atoms. The summed E-state index contributed by atoms with van der Waals surface area (Å²) in [5.41, 5.74) is 1.61.